The first-order valence-electron chi connectivity index (χ1n) is 13.1. The number of carbonyl (C=O) groups excluding carboxylic acids is 3. The zero-order valence-electron chi connectivity index (χ0n) is 23.1. The molecule has 2 unspecified atom stereocenters. The molecule has 0 aliphatic carbocycles. The minimum absolute atomic E-state index is 0.0706. The van der Waals surface area contributed by atoms with Crippen molar-refractivity contribution in [1.29, 1.82) is 0 Å². The molecule has 0 aliphatic heterocycles. The van der Waals surface area contributed by atoms with E-state index in [1.54, 1.807) is 32.6 Å². The third kappa shape index (κ3) is 11.1. The maximum atomic E-state index is 13.7. The largest absolute Gasteiger partial charge is 0.444 e. The zero-order valence-corrected chi connectivity index (χ0v) is 23.1. The van der Waals surface area contributed by atoms with Gasteiger partial charge in [-0.15, -0.1) is 0 Å². The van der Waals surface area contributed by atoms with Crippen molar-refractivity contribution >= 4 is 17.9 Å². The summed E-state index contributed by atoms with van der Waals surface area (Å²) in [5, 5.41) is 5.63. The van der Waals surface area contributed by atoms with Crippen molar-refractivity contribution in [3.8, 4) is 0 Å². The molecule has 2 atom stereocenters. The maximum absolute atomic E-state index is 13.7. The van der Waals surface area contributed by atoms with E-state index in [0.29, 0.717) is 6.54 Å². The molecule has 0 aliphatic rings. The van der Waals surface area contributed by atoms with Gasteiger partial charge in [0.2, 0.25) is 11.8 Å². The number of hydrogen-bond acceptors (Lipinski definition) is 4. The lowest BCUT2D eigenvalue weighted by Gasteiger charge is -2.34. The van der Waals surface area contributed by atoms with Crippen LogP contribution in [0.2, 0.25) is 0 Å². The number of rotatable bonds is 13. The molecule has 7 heteroatoms. The molecule has 0 spiro atoms. The number of aryl methyl sites for hydroxylation is 1. The Morgan fingerprint density at radius 2 is 1.51 bits per heavy atom. The van der Waals surface area contributed by atoms with Gasteiger partial charge < -0.3 is 20.3 Å². The molecule has 198 valence electrons. The SMILES string of the molecule is CCCCCCCN(C(=O)C(C)NC(=O)OC(C)(C)C)C(C(=O)NC(C)C)c1ccc(CC)cc1. The van der Waals surface area contributed by atoms with Gasteiger partial charge in [-0.2, -0.15) is 0 Å². The third-order valence-corrected chi connectivity index (χ3v) is 5.58. The highest BCUT2D eigenvalue weighted by Gasteiger charge is 2.34. The molecule has 3 amide bonds. The highest BCUT2D eigenvalue weighted by molar-refractivity contribution is 5.92. The number of alkyl carbamates (subject to hydrolysis) is 1. The van der Waals surface area contributed by atoms with Gasteiger partial charge in [0.25, 0.3) is 0 Å². The Morgan fingerprint density at radius 3 is 2.03 bits per heavy atom. The van der Waals surface area contributed by atoms with Gasteiger partial charge >= 0.3 is 6.09 Å². The van der Waals surface area contributed by atoms with Crippen molar-refractivity contribution in [2.24, 2.45) is 0 Å². The lowest BCUT2D eigenvalue weighted by Crippen LogP contribution is -2.52. The van der Waals surface area contributed by atoms with Crippen molar-refractivity contribution in [2.75, 3.05) is 6.54 Å². The molecule has 1 aromatic carbocycles. The summed E-state index contributed by atoms with van der Waals surface area (Å²) in [7, 11) is 0. The van der Waals surface area contributed by atoms with Crippen molar-refractivity contribution in [1.82, 2.24) is 15.5 Å². The topological polar surface area (TPSA) is 87.7 Å². The fourth-order valence-electron chi connectivity index (χ4n) is 3.82. The van der Waals surface area contributed by atoms with E-state index in [4.69, 9.17) is 4.74 Å². The van der Waals surface area contributed by atoms with E-state index in [0.717, 1.165) is 49.7 Å². The molecule has 0 heterocycles. The van der Waals surface area contributed by atoms with Gasteiger partial charge in [0, 0.05) is 12.6 Å². The molecule has 2 N–H and O–H groups in total. The van der Waals surface area contributed by atoms with Crippen molar-refractivity contribution in [3.05, 3.63) is 35.4 Å². The van der Waals surface area contributed by atoms with Gasteiger partial charge in [-0.1, -0.05) is 63.8 Å². The number of ether oxygens (including phenoxy) is 1. The summed E-state index contributed by atoms with van der Waals surface area (Å²) in [6.07, 6.45) is 5.33. The summed E-state index contributed by atoms with van der Waals surface area (Å²) in [5.41, 5.74) is 1.24. The Hall–Kier alpha value is -2.57. The van der Waals surface area contributed by atoms with Crippen molar-refractivity contribution in [3.63, 3.8) is 0 Å². The molecule has 35 heavy (non-hydrogen) atoms. The van der Waals surface area contributed by atoms with Crippen molar-refractivity contribution in [2.45, 2.75) is 118 Å². The van der Waals surface area contributed by atoms with Crippen molar-refractivity contribution < 1.29 is 19.1 Å². The van der Waals surface area contributed by atoms with Crippen LogP contribution in [0.4, 0.5) is 4.79 Å². The van der Waals surface area contributed by atoms with Crippen LogP contribution in [0.25, 0.3) is 0 Å². The first kappa shape index (κ1) is 30.5. The van der Waals surface area contributed by atoms with Gasteiger partial charge in [0.1, 0.15) is 17.7 Å². The average molecular weight is 490 g/mol. The first-order chi connectivity index (χ1) is 16.4. The third-order valence-electron chi connectivity index (χ3n) is 5.58. The van der Waals surface area contributed by atoms with Crippen LogP contribution in [0.5, 0.6) is 0 Å². The molecule has 1 aromatic rings. The molecular weight excluding hydrogens is 442 g/mol. The highest BCUT2D eigenvalue weighted by Crippen LogP contribution is 2.24. The molecule has 0 saturated carbocycles. The molecule has 0 saturated heterocycles. The van der Waals surface area contributed by atoms with E-state index in [1.807, 2.05) is 38.1 Å². The number of hydrogen-bond donors (Lipinski definition) is 2. The Kier molecular flexibility index (Phi) is 12.8. The van der Waals surface area contributed by atoms with Gasteiger partial charge in [0.05, 0.1) is 0 Å². The second-order valence-corrected chi connectivity index (χ2v) is 10.5. The highest BCUT2D eigenvalue weighted by atomic mass is 16.6. The summed E-state index contributed by atoms with van der Waals surface area (Å²) < 4.78 is 5.33. The minimum atomic E-state index is -0.843. The lowest BCUT2D eigenvalue weighted by atomic mass is 10.00. The van der Waals surface area contributed by atoms with Crippen LogP contribution < -0.4 is 10.6 Å². The summed E-state index contributed by atoms with van der Waals surface area (Å²) in [6, 6.07) is 6.14. The Bertz CT molecular complexity index is 799. The number of nitrogens with one attached hydrogen (secondary N) is 2. The van der Waals surface area contributed by atoms with E-state index < -0.39 is 23.8 Å². The Balaban J connectivity index is 3.27. The number of carbonyl (C=O) groups is 3. The molecule has 7 nitrogen and oxygen atoms in total. The Labute approximate surface area is 212 Å². The molecule has 0 fully saturated rings. The van der Waals surface area contributed by atoms with Crippen LogP contribution in [0, 0.1) is 0 Å². The van der Waals surface area contributed by atoms with E-state index in [9.17, 15) is 14.4 Å². The molecule has 0 radical (unpaired) electrons. The van der Waals surface area contributed by atoms with E-state index >= 15 is 0 Å². The number of nitrogens with zero attached hydrogens (tertiary/aromatic N) is 1. The minimum Gasteiger partial charge on any atom is -0.444 e. The quantitative estimate of drug-likeness (QED) is 0.357. The van der Waals surface area contributed by atoms with E-state index in [-0.39, 0.29) is 17.9 Å². The standard InChI is InChI=1S/C28H47N3O4/c1-9-11-12-13-14-19-31(26(33)21(5)30-27(34)35-28(6,7)8)24(25(32)29-20(3)4)23-17-15-22(10-2)16-18-23/h15-18,20-21,24H,9-14,19H2,1-8H3,(H,29,32)(H,30,34). The average Bonchev–Trinajstić information content (AvgIpc) is 2.76. The predicted molar refractivity (Wildman–Crippen MR) is 141 cm³/mol. The molecule has 1 rings (SSSR count). The molecular formula is C28H47N3O4. The lowest BCUT2D eigenvalue weighted by molar-refractivity contribution is -0.142. The fourth-order valence-corrected chi connectivity index (χ4v) is 3.82. The van der Waals surface area contributed by atoms with Crippen LogP contribution in [-0.4, -0.2) is 47.0 Å². The molecule has 0 bridgehead atoms. The number of unbranched alkanes of at least 4 members (excludes halogenated alkanes) is 4. The second kappa shape index (κ2) is 14.7. The van der Waals surface area contributed by atoms with Gasteiger partial charge in [-0.3, -0.25) is 9.59 Å². The summed E-state index contributed by atoms with van der Waals surface area (Å²) in [5.74, 6) is -0.537. The van der Waals surface area contributed by atoms with Gasteiger partial charge in [-0.05, 0) is 65.5 Å². The first-order valence-corrected chi connectivity index (χ1v) is 13.1. The van der Waals surface area contributed by atoms with Crippen LogP contribution in [0.15, 0.2) is 24.3 Å². The van der Waals surface area contributed by atoms with Gasteiger partial charge in [0.15, 0.2) is 0 Å². The smallest absolute Gasteiger partial charge is 0.408 e. The predicted octanol–water partition coefficient (Wildman–Crippen LogP) is 5.53. The Morgan fingerprint density at radius 1 is 0.914 bits per heavy atom. The summed E-state index contributed by atoms with van der Waals surface area (Å²) >= 11 is 0. The number of benzene rings is 1. The van der Waals surface area contributed by atoms with Crippen LogP contribution in [0.1, 0.15) is 105 Å². The van der Waals surface area contributed by atoms with Crippen LogP contribution in [-0.2, 0) is 20.7 Å². The van der Waals surface area contributed by atoms with E-state index in [1.165, 1.54) is 0 Å². The number of amides is 3. The normalized spacial score (nSPS) is 13.2. The summed E-state index contributed by atoms with van der Waals surface area (Å²) in [4.78, 5) is 41.0. The zero-order chi connectivity index (χ0) is 26.6. The maximum Gasteiger partial charge on any atom is 0.408 e. The van der Waals surface area contributed by atoms with Gasteiger partial charge in [-0.25, -0.2) is 4.79 Å². The van der Waals surface area contributed by atoms with E-state index in [2.05, 4.69) is 24.5 Å². The summed E-state index contributed by atoms with van der Waals surface area (Å²) in [6.45, 7) is 15.4. The van der Waals surface area contributed by atoms with Crippen LogP contribution >= 0.6 is 0 Å². The monoisotopic (exact) mass is 489 g/mol. The molecule has 0 aromatic heterocycles. The fraction of sp³-hybridized carbons (Fsp3) is 0.679. The second-order valence-electron chi connectivity index (χ2n) is 10.5. The van der Waals surface area contributed by atoms with Crippen LogP contribution in [0.3, 0.4) is 0 Å².